The smallest absolute Gasteiger partial charge is 0.314 e. The maximum absolute atomic E-state index is 9.43. The molecule has 0 saturated heterocycles. The van der Waals surface area contributed by atoms with Crippen LogP contribution in [0, 0.1) is 0 Å². The van der Waals surface area contributed by atoms with Crippen LogP contribution in [0.3, 0.4) is 0 Å². The molecule has 0 aliphatic heterocycles. The fraction of sp³-hybridized carbons (Fsp3) is 0.333. The van der Waals surface area contributed by atoms with Crippen molar-refractivity contribution in [2.45, 2.75) is 6.42 Å². The predicted octanol–water partition coefficient (Wildman–Crippen LogP) is 0.194. The predicted molar refractivity (Wildman–Crippen MR) is 27.5 cm³/mol. The van der Waals surface area contributed by atoms with Gasteiger partial charge in [-0.05, 0) is 0 Å². The molecule has 2 radical (unpaired) electrons. The highest BCUT2D eigenvalue weighted by atomic mass is 32.1. The van der Waals surface area contributed by atoms with Gasteiger partial charge < -0.3 is 10.2 Å². The molecule has 0 unspecified atom stereocenters. The van der Waals surface area contributed by atoms with Gasteiger partial charge in [0, 0.05) is 13.5 Å². The highest BCUT2D eigenvalue weighted by Gasteiger charge is 2.01. The number of carboxylic acids is 2. The van der Waals surface area contributed by atoms with Crippen LogP contribution in [0.15, 0.2) is 0 Å². The minimum atomic E-state index is -1.31. The summed E-state index contributed by atoms with van der Waals surface area (Å²) in [4.78, 5) is 18.9. The van der Waals surface area contributed by atoms with E-state index in [1.54, 1.807) is 0 Å². The molecule has 46 valence electrons. The van der Waals surface area contributed by atoms with E-state index < -0.39 is 18.4 Å². The normalized spacial score (nSPS) is 7.00. The molecule has 0 rings (SSSR count). The molecule has 0 aromatic heterocycles. The van der Waals surface area contributed by atoms with Crippen LogP contribution in [0.2, 0.25) is 0 Å². The lowest BCUT2D eigenvalue weighted by Gasteiger charge is -1.80. The summed E-state index contributed by atoms with van der Waals surface area (Å²) in [6.45, 7) is 0. The Balaban J connectivity index is 0. The molecule has 0 bridgehead atoms. The second-order valence-corrected chi connectivity index (χ2v) is 0.964. The van der Waals surface area contributed by atoms with Gasteiger partial charge in [0.2, 0.25) is 0 Å². The summed E-state index contributed by atoms with van der Waals surface area (Å²) >= 11 is 0. The fourth-order valence-corrected chi connectivity index (χ4v) is 0.129. The second kappa shape index (κ2) is 4.45. The minimum absolute atomic E-state index is 0. The van der Waals surface area contributed by atoms with E-state index in [1.165, 1.54) is 0 Å². The molecule has 0 amide bonds. The number of hydrogen-bond acceptors (Lipinski definition) is 2. The molecule has 0 saturated carbocycles. The Kier molecular flexibility index (Phi) is 5.73. The molecule has 0 aromatic carbocycles. The van der Waals surface area contributed by atoms with E-state index in [1.807, 2.05) is 0 Å². The molecule has 0 aliphatic carbocycles. The SMILES string of the molecule is O=C(O)CC(=O)O.[S]. The van der Waals surface area contributed by atoms with Crippen LogP contribution in [0.25, 0.3) is 0 Å². The lowest BCUT2D eigenvalue weighted by atomic mass is 10.5. The molecule has 0 heterocycles. The Morgan fingerprint density at radius 2 is 1.38 bits per heavy atom. The number of carbonyl (C=O) groups is 2. The lowest BCUT2D eigenvalue weighted by Crippen LogP contribution is -2.03. The summed E-state index contributed by atoms with van der Waals surface area (Å²) in [6, 6.07) is 0. The second-order valence-electron chi connectivity index (χ2n) is 0.964. The number of hydrogen-bond donors (Lipinski definition) is 2. The zero-order valence-electron chi connectivity index (χ0n) is 3.83. The average molecular weight is 136 g/mol. The molecular weight excluding hydrogens is 132 g/mol. The highest BCUT2D eigenvalue weighted by molar-refractivity contribution is 7.59. The summed E-state index contributed by atoms with van der Waals surface area (Å²) in [5, 5.41) is 15.4. The van der Waals surface area contributed by atoms with Gasteiger partial charge >= 0.3 is 11.9 Å². The van der Waals surface area contributed by atoms with Gasteiger partial charge in [-0.25, -0.2) is 0 Å². The van der Waals surface area contributed by atoms with E-state index in [9.17, 15) is 9.59 Å². The Labute approximate surface area is 52.6 Å². The van der Waals surface area contributed by atoms with E-state index in [4.69, 9.17) is 10.2 Å². The van der Waals surface area contributed by atoms with Crippen molar-refractivity contribution in [1.82, 2.24) is 0 Å². The molecule has 0 spiro atoms. The first kappa shape index (κ1) is 10.3. The topological polar surface area (TPSA) is 74.6 Å². The van der Waals surface area contributed by atoms with Gasteiger partial charge in [-0.15, -0.1) is 0 Å². The zero-order chi connectivity index (χ0) is 5.86. The summed E-state index contributed by atoms with van der Waals surface area (Å²) in [5.41, 5.74) is 0. The van der Waals surface area contributed by atoms with Crippen molar-refractivity contribution < 1.29 is 19.8 Å². The molecule has 4 nitrogen and oxygen atoms in total. The van der Waals surface area contributed by atoms with Crippen LogP contribution in [0.1, 0.15) is 6.42 Å². The summed E-state index contributed by atoms with van der Waals surface area (Å²) < 4.78 is 0. The molecule has 2 N–H and O–H groups in total. The van der Waals surface area contributed by atoms with Crippen molar-refractivity contribution in [3.63, 3.8) is 0 Å². The Morgan fingerprint density at radius 1 is 1.12 bits per heavy atom. The highest BCUT2D eigenvalue weighted by Crippen LogP contribution is 1.74. The van der Waals surface area contributed by atoms with Crippen molar-refractivity contribution in [3.8, 4) is 0 Å². The van der Waals surface area contributed by atoms with Crippen LogP contribution in [-0.2, 0) is 9.59 Å². The van der Waals surface area contributed by atoms with Crippen molar-refractivity contribution in [2.24, 2.45) is 0 Å². The van der Waals surface area contributed by atoms with Gasteiger partial charge in [0.15, 0.2) is 0 Å². The van der Waals surface area contributed by atoms with Gasteiger partial charge in [0.25, 0.3) is 0 Å². The number of rotatable bonds is 2. The molecule has 5 heteroatoms. The molecular formula is C3H4O4S. The summed E-state index contributed by atoms with van der Waals surface area (Å²) in [7, 11) is 0. The summed E-state index contributed by atoms with van der Waals surface area (Å²) in [5.74, 6) is -2.62. The van der Waals surface area contributed by atoms with Gasteiger partial charge in [0.1, 0.15) is 6.42 Å². The quantitative estimate of drug-likeness (QED) is 0.531. The molecule has 0 atom stereocenters. The van der Waals surface area contributed by atoms with Crippen LogP contribution in [0.4, 0.5) is 0 Å². The van der Waals surface area contributed by atoms with Gasteiger partial charge in [-0.2, -0.15) is 0 Å². The maximum atomic E-state index is 9.43. The average Bonchev–Trinajstić information content (AvgIpc) is 1.27. The lowest BCUT2D eigenvalue weighted by molar-refractivity contribution is -0.147. The van der Waals surface area contributed by atoms with Crippen LogP contribution in [0.5, 0.6) is 0 Å². The molecule has 0 aliphatic rings. The third-order valence-electron chi connectivity index (χ3n) is 0.302. The Bertz CT molecular complexity index is 87.5. The first-order valence-corrected chi connectivity index (χ1v) is 1.56. The third-order valence-corrected chi connectivity index (χ3v) is 0.302. The van der Waals surface area contributed by atoms with Gasteiger partial charge in [-0.3, -0.25) is 9.59 Å². The number of carboxylic acid groups (broad SMARTS) is 2. The zero-order valence-corrected chi connectivity index (χ0v) is 4.64. The standard InChI is InChI=1S/C3H4O4.S/c4-2(5)1-3(6)7;/h1H2,(H,4,5)(H,6,7);. The van der Waals surface area contributed by atoms with Crippen LogP contribution < -0.4 is 0 Å². The fourth-order valence-electron chi connectivity index (χ4n) is 0.129. The van der Waals surface area contributed by atoms with Crippen molar-refractivity contribution >= 4 is 25.4 Å². The maximum Gasteiger partial charge on any atom is 0.314 e. The van der Waals surface area contributed by atoms with Gasteiger partial charge in [-0.1, -0.05) is 0 Å². The minimum Gasteiger partial charge on any atom is -0.481 e. The van der Waals surface area contributed by atoms with E-state index in [0.717, 1.165) is 0 Å². The monoisotopic (exact) mass is 136 g/mol. The van der Waals surface area contributed by atoms with Crippen molar-refractivity contribution in [1.29, 1.82) is 0 Å². The summed E-state index contributed by atoms with van der Waals surface area (Å²) in [6.07, 6.45) is -0.806. The molecule has 0 aromatic rings. The van der Waals surface area contributed by atoms with Crippen molar-refractivity contribution in [2.75, 3.05) is 0 Å². The largest absolute Gasteiger partial charge is 0.481 e. The molecule has 8 heavy (non-hydrogen) atoms. The van der Waals surface area contributed by atoms with Crippen LogP contribution >= 0.6 is 13.5 Å². The third kappa shape index (κ3) is 8.99. The van der Waals surface area contributed by atoms with E-state index >= 15 is 0 Å². The Hall–Kier alpha value is -0.710. The first-order chi connectivity index (χ1) is 3.13. The van der Waals surface area contributed by atoms with Gasteiger partial charge in [0.05, 0.1) is 0 Å². The Morgan fingerprint density at radius 3 is 1.38 bits per heavy atom. The molecule has 0 fully saturated rings. The van der Waals surface area contributed by atoms with E-state index in [2.05, 4.69) is 0 Å². The number of aliphatic carboxylic acids is 2. The van der Waals surface area contributed by atoms with Crippen molar-refractivity contribution in [3.05, 3.63) is 0 Å². The van der Waals surface area contributed by atoms with E-state index in [-0.39, 0.29) is 13.5 Å². The first-order valence-electron chi connectivity index (χ1n) is 1.56. The van der Waals surface area contributed by atoms with Crippen LogP contribution in [-0.4, -0.2) is 22.2 Å². The van der Waals surface area contributed by atoms with E-state index in [0.29, 0.717) is 0 Å².